The Balaban J connectivity index is 1.49. The minimum absolute atomic E-state index is 0.229. The van der Waals surface area contributed by atoms with E-state index in [-0.39, 0.29) is 6.03 Å². The van der Waals surface area contributed by atoms with E-state index in [1.807, 2.05) is 42.5 Å². The molecule has 0 spiro atoms. The first-order valence-corrected chi connectivity index (χ1v) is 8.19. The molecule has 1 saturated heterocycles. The molecule has 0 aliphatic carbocycles. The van der Waals surface area contributed by atoms with E-state index in [0.29, 0.717) is 12.2 Å². The lowest BCUT2D eigenvalue weighted by Crippen LogP contribution is -2.44. The Hall–Kier alpha value is -2.60. The molecule has 24 heavy (non-hydrogen) atoms. The van der Waals surface area contributed by atoms with Gasteiger partial charge in [0.2, 0.25) is 0 Å². The molecule has 0 radical (unpaired) electrons. The highest BCUT2D eigenvalue weighted by atomic mass is 16.2. The van der Waals surface area contributed by atoms with Gasteiger partial charge in [-0.1, -0.05) is 30.3 Å². The maximum absolute atomic E-state index is 11.9. The minimum atomic E-state index is -0.229. The lowest BCUT2D eigenvalue weighted by Gasteiger charge is -2.33. The predicted octanol–water partition coefficient (Wildman–Crippen LogP) is 2.16. The molecule has 0 unspecified atom stereocenters. The Morgan fingerprint density at radius 3 is 2.50 bits per heavy atom. The first kappa shape index (κ1) is 16.3. The third-order valence-electron chi connectivity index (χ3n) is 4.13. The number of nitrogens with one attached hydrogen (secondary N) is 2. The van der Waals surface area contributed by atoms with Gasteiger partial charge in [-0.05, 0) is 24.7 Å². The van der Waals surface area contributed by atoms with Crippen LogP contribution in [0, 0.1) is 0 Å². The third kappa shape index (κ3) is 4.45. The van der Waals surface area contributed by atoms with Gasteiger partial charge < -0.3 is 20.4 Å². The minimum Gasteiger partial charge on any atom is -0.354 e. The smallest absolute Gasteiger partial charge is 0.319 e. The van der Waals surface area contributed by atoms with Crippen LogP contribution < -0.4 is 15.5 Å². The Labute approximate surface area is 142 Å². The summed E-state index contributed by atoms with van der Waals surface area (Å²) in [4.78, 5) is 21.0. The number of carbonyl (C=O) groups is 1. The van der Waals surface area contributed by atoms with Gasteiger partial charge in [-0.2, -0.15) is 0 Å². The van der Waals surface area contributed by atoms with Crippen molar-refractivity contribution < 1.29 is 4.79 Å². The summed E-state index contributed by atoms with van der Waals surface area (Å²) in [6.07, 6.45) is 1.70. The lowest BCUT2D eigenvalue weighted by atomic mass is 10.2. The summed E-state index contributed by atoms with van der Waals surface area (Å²) >= 11 is 0. The summed E-state index contributed by atoms with van der Waals surface area (Å²) in [5.41, 5.74) is 1.76. The highest BCUT2D eigenvalue weighted by Gasteiger charge is 2.15. The van der Waals surface area contributed by atoms with Crippen LogP contribution in [-0.4, -0.2) is 49.1 Å². The van der Waals surface area contributed by atoms with Gasteiger partial charge in [-0.3, -0.25) is 0 Å². The molecule has 1 aromatic carbocycles. The second kappa shape index (κ2) is 7.79. The predicted molar refractivity (Wildman–Crippen MR) is 96.2 cm³/mol. The molecular formula is C18H23N5O. The molecule has 126 valence electrons. The SMILES string of the molecule is CN1CCN(c2ccc(NC(=O)NCc3ccccc3)cn2)CC1. The second-order valence-corrected chi connectivity index (χ2v) is 5.99. The first-order valence-electron chi connectivity index (χ1n) is 8.19. The molecule has 1 fully saturated rings. The Morgan fingerprint density at radius 2 is 1.83 bits per heavy atom. The van der Waals surface area contributed by atoms with Crippen LogP contribution in [0.4, 0.5) is 16.3 Å². The Kier molecular flexibility index (Phi) is 5.28. The fourth-order valence-corrected chi connectivity index (χ4v) is 2.64. The molecule has 2 aromatic rings. The lowest BCUT2D eigenvalue weighted by molar-refractivity contribution is 0.251. The van der Waals surface area contributed by atoms with Gasteiger partial charge in [0, 0.05) is 32.7 Å². The van der Waals surface area contributed by atoms with E-state index in [2.05, 4.69) is 32.5 Å². The highest BCUT2D eigenvalue weighted by molar-refractivity contribution is 5.89. The van der Waals surface area contributed by atoms with Gasteiger partial charge in [-0.25, -0.2) is 9.78 Å². The van der Waals surface area contributed by atoms with E-state index in [1.165, 1.54) is 0 Å². The molecular weight excluding hydrogens is 302 g/mol. The molecule has 1 aromatic heterocycles. The number of rotatable bonds is 4. The molecule has 1 aliphatic heterocycles. The van der Waals surface area contributed by atoms with E-state index in [0.717, 1.165) is 37.6 Å². The fraction of sp³-hybridized carbons (Fsp3) is 0.333. The molecule has 2 amide bonds. The number of hydrogen-bond donors (Lipinski definition) is 2. The number of likely N-dealkylation sites (N-methyl/N-ethyl adjacent to an activating group) is 1. The van der Waals surface area contributed by atoms with Crippen LogP contribution in [0.1, 0.15) is 5.56 Å². The van der Waals surface area contributed by atoms with Gasteiger partial charge in [0.15, 0.2) is 0 Å². The Bertz CT molecular complexity index is 651. The van der Waals surface area contributed by atoms with Crippen molar-refractivity contribution in [3.05, 3.63) is 54.2 Å². The van der Waals surface area contributed by atoms with Crippen molar-refractivity contribution in [2.24, 2.45) is 0 Å². The van der Waals surface area contributed by atoms with Gasteiger partial charge >= 0.3 is 6.03 Å². The largest absolute Gasteiger partial charge is 0.354 e. The number of carbonyl (C=O) groups excluding carboxylic acids is 1. The second-order valence-electron chi connectivity index (χ2n) is 5.99. The average molecular weight is 325 g/mol. The summed E-state index contributed by atoms with van der Waals surface area (Å²) in [5, 5.41) is 5.65. The summed E-state index contributed by atoms with van der Waals surface area (Å²) in [6, 6.07) is 13.4. The zero-order valence-electron chi connectivity index (χ0n) is 13.9. The topological polar surface area (TPSA) is 60.5 Å². The van der Waals surface area contributed by atoms with E-state index < -0.39 is 0 Å². The number of piperazine rings is 1. The number of amides is 2. The van der Waals surface area contributed by atoms with Crippen molar-refractivity contribution in [3.8, 4) is 0 Å². The van der Waals surface area contributed by atoms with Crippen LogP contribution >= 0.6 is 0 Å². The van der Waals surface area contributed by atoms with Crippen LogP contribution in [0.15, 0.2) is 48.7 Å². The molecule has 2 N–H and O–H groups in total. The number of aromatic nitrogens is 1. The van der Waals surface area contributed by atoms with E-state index in [4.69, 9.17) is 0 Å². The molecule has 6 heteroatoms. The summed E-state index contributed by atoms with van der Waals surface area (Å²) in [7, 11) is 2.13. The number of urea groups is 1. The molecule has 2 heterocycles. The van der Waals surface area contributed by atoms with Crippen molar-refractivity contribution >= 4 is 17.5 Å². The molecule has 3 rings (SSSR count). The normalized spacial score (nSPS) is 15.1. The Morgan fingerprint density at radius 1 is 1.08 bits per heavy atom. The fourth-order valence-electron chi connectivity index (χ4n) is 2.64. The molecule has 0 bridgehead atoms. The highest BCUT2D eigenvalue weighted by Crippen LogP contribution is 2.15. The van der Waals surface area contributed by atoms with Gasteiger partial charge in [0.25, 0.3) is 0 Å². The molecule has 1 aliphatic rings. The summed E-state index contributed by atoms with van der Waals surface area (Å²) < 4.78 is 0. The third-order valence-corrected chi connectivity index (χ3v) is 4.13. The summed E-state index contributed by atoms with van der Waals surface area (Å²) in [5.74, 6) is 0.957. The van der Waals surface area contributed by atoms with Crippen molar-refractivity contribution in [1.29, 1.82) is 0 Å². The molecule has 0 atom stereocenters. The number of nitrogens with zero attached hydrogens (tertiary/aromatic N) is 3. The van der Waals surface area contributed by atoms with Crippen molar-refractivity contribution in [2.45, 2.75) is 6.54 Å². The maximum atomic E-state index is 11.9. The van der Waals surface area contributed by atoms with E-state index >= 15 is 0 Å². The maximum Gasteiger partial charge on any atom is 0.319 e. The van der Waals surface area contributed by atoms with Crippen LogP contribution in [0.5, 0.6) is 0 Å². The van der Waals surface area contributed by atoms with Gasteiger partial charge in [-0.15, -0.1) is 0 Å². The first-order chi connectivity index (χ1) is 11.7. The summed E-state index contributed by atoms with van der Waals surface area (Å²) in [6.45, 7) is 4.55. The van der Waals surface area contributed by atoms with Crippen LogP contribution in [0.3, 0.4) is 0 Å². The van der Waals surface area contributed by atoms with Crippen LogP contribution in [0.2, 0.25) is 0 Å². The molecule has 6 nitrogen and oxygen atoms in total. The van der Waals surface area contributed by atoms with E-state index in [1.54, 1.807) is 6.20 Å². The van der Waals surface area contributed by atoms with Crippen molar-refractivity contribution in [2.75, 3.05) is 43.4 Å². The quantitative estimate of drug-likeness (QED) is 0.904. The number of pyridine rings is 1. The van der Waals surface area contributed by atoms with Crippen molar-refractivity contribution in [3.63, 3.8) is 0 Å². The number of hydrogen-bond acceptors (Lipinski definition) is 4. The van der Waals surface area contributed by atoms with Crippen LogP contribution in [0.25, 0.3) is 0 Å². The van der Waals surface area contributed by atoms with Crippen molar-refractivity contribution in [1.82, 2.24) is 15.2 Å². The van der Waals surface area contributed by atoms with Gasteiger partial charge in [0.1, 0.15) is 5.82 Å². The molecule has 0 saturated carbocycles. The monoisotopic (exact) mass is 325 g/mol. The van der Waals surface area contributed by atoms with Gasteiger partial charge in [0.05, 0.1) is 11.9 Å². The number of anilines is 2. The average Bonchev–Trinajstić information content (AvgIpc) is 2.62. The zero-order chi connectivity index (χ0) is 16.8. The standard InChI is InChI=1S/C18H23N5O/c1-22-9-11-23(12-10-22)17-8-7-16(14-19-17)21-18(24)20-13-15-5-3-2-4-6-15/h2-8,14H,9-13H2,1H3,(H2,20,21,24). The van der Waals surface area contributed by atoms with Crippen LogP contribution in [-0.2, 0) is 6.54 Å². The number of benzene rings is 1. The van der Waals surface area contributed by atoms with E-state index in [9.17, 15) is 4.79 Å². The zero-order valence-corrected chi connectivity index (χ0v) is 13.9.